The van der Waals surface area contributed by atoms with Crippen LogP contribution in [0.4, 0.5) is 4.39 Å². The van der Waals surface area contributed by atoms with Gasteiger partial charge in [-0.2, -0.15) is 0 Å². The second-order valence-electron chi connectivity index (χ2n) is 11.3. The Kier molecular flexibility index (Phi) is 6.99. The van der Waals surface area contributed by atoms with Gasteiger partial charge in [-0.25, -0.2) is 4.39 Å². The zero-order valence-electron chi connectivity index (χ0n) is 22.6. The van der Waals surface area contributed by atoms with E-state index in [1.54, 1.807) is 66.9 Å². The monoisotopic (exact) mass is 509 g/mol. The fourth-order valence-corrected chi connectivity index (χ4v) is 4.71. The topological polar surface area (TPSA) is 80.9 Å². The van der Waals surface area contributed by atoms with E-state index in [0.29, 0.717) is 57.9 Å². The first-order valence-corrected chi connectivity index (χ1v) is 12.5. The van der Waals surface area contributed by atoms with E-state index in [9.17, 15) is 19.4 Å². The van der Waals surface area contributed by atoms with E-state index in [4.69, 9.17) is 9.47 Å². The molecular formula is C30H36FNO5. The Hall–Kier alpha value is -3.16. The van der Waals surface area contributed by atoms with Crippen LogP contribution in [0.2, 0.25) is 0 Å². The van der Waals surface area contributed by atoms with Crippen molar-refractivity contribution in [3.8, 4) is 28.4 Å². The van der Waals surface area contributed by atoms with Crippen molar-refractivity contribution in [2.24, 2.45) is 13.0 Å². The normalized spacial score (nSPS) is 17.9. The van der Waals surface area contributed by atoms with E-state index in [0.717, 1.165) is 0 Å². The van der Waals surface area contributed by atoms with E-state index < -0.39 is 11.2 Å². The number of halogens is 1. The molecule has 37 heavy (non-hydrogen) atoms. The third kappa shape index (κ3) is 5.73. The lowest BCUT2D eigenvalue weighted by Crippen LogP contribution is -2.45. The van der Waals surface area contributed by atoms with Crippen molar-refractivity contribution in [3.63, 3.8) is 0 Å². The third-order valence-corrected chi connectivity index (χ3v) is 7.19. The van der Waals surface area contributed by atoms with Gasteiger partial charge in [0.15, 0.2) is 0 Å². The quantitative estimate of drug-likeness (QED) is 0.424. The highest BCUT2D eigenvalue weighted by Gasteiger charge is 2.40. The van der Waals surface area contributed by atoms with Gasteiger partial charge in [-0.3, -0.25) is 4.79 Å². The summed E-state index contributed by atoms with van der Waals surface area (Å²) in [5.74, 6) is 1.22. The van der Waals surface area contributed by atoms with E-state index >= 15 is 0 Å². The van der Waals surface area contributed by atoms with Gasteiger partial charge in [0, 0.05) is 30.4 Å². The Morgan fingerprint density at radius 1 is 0.946 bits per heavy atom. The van der Waals surface area contributed by atoms with Gasteiger partial charge in [-0.15, -0.1) is 0 Å². The van der Waals surface area contributed by atoms with Crippen LogP contribution < -0.4 is 15.0 Å². The molecule has 7 heteroatoms. The van der Waals surface area contributed by atoms with Crippen LogP contribution in [0.25, 0.3) is 11.1 Å². The lowest BCUT2D eigenvalue weighted by molar-refractivity contribution is -0.0672. The van der Waals surface area contributed by atoms with E-state index in [1.807, 2.05) is 6.07 Å². The van der Waals surface area contributed by atoms with Gasteiger partial charge in [0.05, 0.1) is 17.3 Å². The zero-order valence-corrected chi connectivity index (χ0v) is 22.6. The van der Waals surface area contributed by atoms with Gasteiger partial charge >= 0.3 is 0 Å². The van der Waals surface area contributed by atoms with Crippen molar-refractivity contribution >= 4 is 0 Å². The summed E-state index contributed by atoms with van der Waals surface area (Å²) in [5, 5.41) is 21.0. The molecule has 198 valence electrons. The Balaban J connectivity index is 1.82. The summed E-state index contributed by atoms with van der Waals surface area (Å²) in [5.41, 5.74) is 1.10. The second-order valence-corrected chi connectivity index (χ2v) is 11.3. The molecule has 3 aromatic rings. The van der Waals surface area contributed by atoms with Crippen molar-refractivity contribution in [1.29, 1.82) is 0 Å². The average molecular weight is 510 g/mol. The number of rotatable bonds is 7. The molecule has 0 spiro atoms. The maximum absolute atomic E-state index is 13.9. The first kappa shape index (κ1) is 26.9. The molecule has 0 saturated heterocycles. The molecule has 0 aliphatic heterocycles. The summed E-state index contributed by atoms with van der Waals surface area (Å²) in [7, 11) is 1.66. The molecule has 2 aromatic carbocycles. The molecule has 1 aliphatic rings. The number of benzene rings is 2. The molecular weight excluding hydrogens is 473 g/mol. The fraction of sp³-hybridized carbons (Fsp3) is 0.433. The number of aromatic nitrogens is 1. The fourth-order valence-electron chi connectivity index (χ4n) is 4.71. The first-order valence-electron chi connectivity index (χ1n) is 12.5. The van der Waals surface area contributed by atoms with E-state index in [1.165, 1.54) is 22.8 Å². The van der Waals surface area contributed by atoms with Crippen LogP contribution in [-0.2, 0) is 12.6 Å². The molecule has 1 heterocycles. The largest absolute Gasteiger partial charge is 0.489 e. The molecule has 0 unspecified atom stereocenters. The van der Waals surface area contributed by atoms with Crippen molar-refractivity contribution in [2.75, 3.05) is 0 Å². The van der Waals surface area contributed by atoms with Crippen LogP contribution in [0.15, 0.2) is 47.4 Å². The number of aryl methyl sites for hydroxylation is 3. The van der Waals surface area contributed by atoms with Crippen molar-refractivity contribution in [1.82, 2.24) is 4.57 Å². The molecule has 0 bridgehead atoms. The molecule has 2 N–H and O–H groups in total. The van der Waals surface area contributed by atoms with Crippen molar-refractivity contribution in [2.45, 2.75) is 71.7 Å². The lowest BCUT2D eigenvalue weighted by Gasteiger charge is -2.42. The molecule has 0 amide bonds. The van der Waals surface area contributed by atoms with E-state index in [2.05, 4.69) is 0 Å². The Bertz CT molecular complexity index is 1350. The number of aliphatic hydroxyl groups is 2. The van der Waals surface area contributed by atoms with Crippen LogP contribution in [0, 0.1) is 25.6 Å². The maximum Gasteiger partial charge on any atom is 0.254 e. The number of nitrogens with zero attached hydrogens (tertiary/aromatic N) is 1. The minimum absolute atomic E-state index is 0.120. The molecule has 1 aliphatic carbocycles. The summed E-state index contributed by atoms with van der Waals surface area (Å²) in [6, 6.07) is 9.69. The first-order chi connectivity index (χ1) is 17.1. The van der Waals surface area contributed by atoms with Gasteiger partial charge in [-0.05, 0) is 101 Å². The maximum atomic E-state index is 13.9. The van der Waals surface area contributed by atoms with Crippen molar-refractivity contribution in [3.05, 3.63) is 75.5 Å². The van der Waals surface area contributed by atoms with Crippen LogP contribution in [0.5, 0.6) is 17.2 Å². The molecule has 0 atom stereocenters. The summed E-state index contributed by atoms with van der Waals surface area (Å²) in [6.45, 7) is 10.6. The van der Waals surface area contributed by atoms with Gasteiger partial charge in [-0.1, -0.05) is 6.07 Å². The Morgan fingerprint density at radius 2 is 1.57 bits per heavy atom. The molecule has 6 nitrogen and oxygen atoms in total. The Morgan fingerprint density at radius 3 is 2.14 bits per heavy atom. The van der Waals surface area contributed by atoms with Gasteiger partial charge in [0.25, 0.3) is 5.56 Å². The molecule has 0 radical (unpaired) electrons. The number of ether oxygens (including phenoxy) is 2. The molecule has 1 saturated carbocycles. The van der Waals surface area contributed by atoms with Crippen LogP contribution in [0.1, 0.15) is 57.2 Å². The standard InChI is InChI=1S/C30H36FNO5/c1-17-10-21(31)11-18(2)28(17)37-25-9-8-19(29(3,4)34)14-23(25)24-16-32(7)27(33)15-26(24)36-22-12-20(13-22)30(5,6)35/h8-11,14-16,20,22,34-35H,12-13H2,1-7H3. The van der Waals surface area contributed by atoms with Gasteiger partial charge in [0.1, 0.15) is 23.1 Å². The average Bonchev–Trinajstić information content (AvgIpc) is 2.73. The Labute approximate surface area is 217 Å². The number of pyridine rings is 1. The smallest absolute Gasteiger partial charge is 0.254 e. The number of hydrogen-bond acceptors (Lipinski definition) is 5. The molecule has 1 fully saturated rings. The third-order valence-electron chi connectivity index (χ3n) is 7.19. The lowest BCUT2D eigenvalue weighted by atomic mass is 9.72. The summed E-state index contributed by atoms with van der Waals surface area (Å²) in [4.78, 5) is 12.6. The highest BCUT2D eigenvalue weighted by molar-refractivity contribution is 5.76. The van der Waals surface area contributed by atoms with Crippen molar-refractivity contribution < 1.29 is 24.1 Å². The zero-order chi connectivity index (χ0) is 27.3. The van der Waals surface area contributed by atoms with Gasteiger partial charge in [0.2, 0.25) is 0 Å². The SMILES string of the molecule is Cc1cc(F)cc(C)c1Oc1ccc(C(C)(C)O)cc1-c1cn(C)c(=O)cc1OC1CC(C(C)(C)O)C1. The second kappa shape index (κ2) is 9.62. The highest BCUT2D eigenvalue weighted by atomic mass is 19.1. The van der Waals surface area contributed by atoms with Crippen LogP contribution in [0.3, 0.4) is 0 Å². The van der Waals surface area contributed by atoms with Crippen LogP contribution in [-0.4, -0.2) is 26.5 Å². The summed E-state index contributed by atoms with van der Waals surface area (Å²) >= 11 is 0. The highest BCUT2D eigenvalue weighted by Crippen LogP contribution is 2.44. The minimum atomic E-state index is -1.12. The molecule has 1 aromatic heterocycles. The summed E-state index contributed by atoms with van der Waals surface area (Å²) in [6.07, 6.45) is 2.92. The minimum Gasteiger partial charge on any atom is -0.489 e. The van der Waals surface area contributed by atoms with Gasteiger partial charge < -0.3 is 24.3 Å². The number of hydrogen-bond donors (Lipinski definition) is 2. The summed E-state index contributed by atoms with van der Waals surface area (Å²) < 4.78 is 28.0. The molecule has 4 rings (SSSR count). The predicted molar refractivity (Wildman–Crippen MR) is 142 cm³/mol. The predicted octanol–water partition coefficient (Wildman–Crippen LogP) is 5.76. The van der Waals surface area contributed by atoms with Crippen LogP contribution >= 0.6 is 0 Å². The van der Waals surface area contributed by atoms with E-state index in [-0.39, 0.29) is 23.4 Å².